The molecular weight excluding hydrogens is 306 g/mol. The minimum atomic E-state index is -3.24. The van der Waals surface area contributed by atoms with Crippen LogP contribution in [0.15, 0.2) is 30.5 Å². The normalized spacial score (nSPS) is 11.7. The van der Waals surface area contributed by atoms with Gasteiger partial charge in [0.2, 0.25) is 0 Å². The van der Waals surface area contributed by atoms with Gasteiger partial charge < -0.3 is 5.11 Å². The van der Waals surface area contributed by atoms with Crippen molar-refractivity contribution in [2.75, 3.05) is 0 Å². The summed E-state index contributed by atoms with van der Waals surface area (Å²) in [4.78, 5) is 4.46. The maximum Gasteiger partial charge on any atom is 0.183 e. The maximum absolute atomic E-state index is 12.0. The molecule has 0 aliphatic rings. The van der Waals surface area contributed by atoms with E-state index in [0.29, 0.717) is 14.9 Å². The Morgan fingerprint density at radius 2 is 1.79 bits per heavy atom. The average molecular weight is 318 g/mol. The highest BCUT2D eigenvalue weighted by Crippen LogP contribution is 2.21. The van der Waals surface area contributed by atoms with Crippen molar-refractivity contribution in [3.05, 3.63) is 50.9 Å². The minimum Gasteiger partial charge on any atom is -0.392 e. The van der Waals surface area contributed by atoms with Crippen LogP contribution < -0.4 is 0 Å². The van der Waals surface area contributed by atoms with Gasteiger partial charge in [0.1, 0.15) is 0 Å². The number of aromatic nitrogens is 1. The van der Waals surface area contributed by atoms with Crippen molar-refractivity contribution in [2.45, 2.75) is 18.1 Å². The topological polar surface area (TPSA) is 67.3 Å². The maximum atomic E-state index is 12.0. The second-order valence-corrected chi connectivity index (χ2v) is 7.85. The molecule has 1 aromatic carbocycles. The zero-order valence-corrected chi connectivity index (χ0v) is 12.3. The molecular formula is C12H12ClNO3S2. The Morgan fingerprint density at radius 1 is 1.16 bits per heavy atom. The lowest BCUT2D eigenvalue weighted by atomic mass is 10.2. The summed E-state index contributed by atoms with van der Waals surface area (Å²) in [5, 5.41) is 8.92. The van der Waals surface area contributed by atoms with E-state index in [1.54, 1.807) is 24.3 Å². The Bertz CT molecular complexity index is 650. The average Bonchev–Trinajstić information content (AvgIpc) is 2.74. The zero-order valence-electron chi connectivity index (χ0n) is 9.91. The highest BCUT2D eigenvalue weighted by molar-refractivity contribution is 7.90. The van der Waals surface area contributed by atoms with Crippen molar-refractivity contribution in [3.8, 4) is 0 Å². The molecule has 7 heteroatoms. The van der Waals surface area contributed by atoms with Gasteiger partial charge in [0.25, 0.3) is 0 Å². The fraction of sp³-hybridized carbons (Fsp3) is 0.250. The van der Waals surface area contributed by atoms with E-state index in [9.17, 15) is 8.42 Å². The van der Waals surface area contributed by atoms with Crippen LogP contribution in [0.1, 0.15) is 16.0 Å². The molecule has 2 rings (SSSR count). The van der Waals surface area contributed by atoms with Crippen molar-refractivity contribution >= 4 is 32.8 Å². The Morgan fingerprint density at radius 3 is 2.32 bits per heavy atom. The molecule has 19 heavy (non-hydrogen) atoms. The van der Waals surface area contributed by atoms with Gasteiger partial charge in [-0.2, -0.15) is 0 Å². The predicted molar refractivity (Wildman–Crippen MR) is 75.8 cm³/mol. The molecule has 0 spiro atoms. The number of aliphatic hydroxyl groups excluding tert-OH is 1. The van der Waals surface area contributed by atoms with Gasteiger partial charge in [-0.1, -0.05) is 35.9 Å². The van der Waals surface area contributed by atoms with Gasteiger partial charge in [0.15, 0.2) is 14.3 Å². The summed E-state index contributed by atoms with van der Waals surface area (Å²) in [5.74, 6) is -0.0899. The largest absolute Gasteiger partial charge is 0.392 e. The van der Waals surface area contributed by atoms with Gasteiger partial charge in [0, 0.05) is 11.1 Å². The highest BCUT2D eigenvalue weighted by Gasteiger charge is 2.15. The van der Waals surface area contributed by atoms with Crippen LogP contribution in [0.25, 0.3) is 0 Å². The first kappa shape index (κ1) is 14.5. The lowest BCUT2D eigenvalue weighted by molar-refractivity contribution is 0.282. The summed E-state index contributed by atoms with van der Waals surface area (Å²) in [6.07, 6.45) is 1.49. The molecule has 2 aromatic rings. The number of halogens is 1. The second kappa shape index (κ2) is 6.00. The van der Waals surface area contributed by atoms with Crippen LogP contribution in [-0.4, -0.2) is 18.5 Å². The summed E-state index contributed by atoms with van der Waals surface area (Å²) in [5.41, 5.74) is 1.46. The summed E-state index contributed by atoms with van der Waals surface area (Å²) in [7, 11) is -3.24. The third-order valence-electron chi connectivity index (χ3n) is 2.48. The zero-order chi connectivity index (χ0) is 13.9. The van der Waals surface area contributed by atoms with E-state index in [1.165, 1.54) is 17.5 Å². The second-order valence-electron chi connectivity index (χ2n) is 4.09. The quantitative estimate of drug-likeness (QED) is 0.919. The molecule has 0 amide bonds. The summed E-state index contributed by atoms with van der Waals surface area (Å²) < 4.78 is 24.4. The smallest absolute Gasteiger partial charge is 0.183 e. The first-order valence-electron chi connectivity index (χ1n) is 5.48. The Kier molecular flexibility index (Phi) is 4.57. The number of thiazole rings is 1. The fourth-order valence-electron chi connectivity index (χ4n) is 1.61. The third kappa shape index (κ3) is 4.28. The number of nitrogens with zero attached hydrogens (tertiary/aromatic N) is 1. The van der Waals surface area contributed by atoms with Gasteiger partial charge >= 0.3 is 0 Å². The first-order valence-corrected chi connectivity index (χ1v) is 8.49. The molecule has 4 nitrogen and oxygen atoms in total. The van der Waals surface area contributed by atoms with Gasteiger partial charge in [-0.05, 0) is 11.1 Å². The van der Waals surface area contributed by atoms with E-state index in [-0.39, 0.29) is 18.1 Å². The molecule has 0 radical (unpaired) electrons. The van der Waals surface area contributed by atoms with Crippen molar-refractivity contribution in [1.29, 1.82) is 0 Å². The molecule has 0 atom stereocenters. The number of benzene rings is 1. The summed E-state index contributed by atoms with van der Waals surface area (Å²) in [6.45, 7) is -0.0492. The summed E-state index contributed by atoms with van der Waals surface area (Å²) in [6, 6.07) is 6.86. The van der Waals surface area contributed by atoms with Crippen LogP contribution in [0.2, 0.25) is 4.47 Å². The molecule has 0 saturated heterocycles. The predicted octanol–water partition coefficient (Wildman–Crippen LogP) is 2.40. The van der Waals surface area contributed by atoms with E-state index >= 15 is 0 Å². The highest BCUT2D eigenvalue weighted by atomic mass is 35.5. The van der Waals surface area contributed by atoms with Gasteiger partial charge in [0.05, 0.1) is 18.1 Å². The molecule has 0 bridgehead atoms. The SMILES string of the molecule is O=S(=O)(Cc1ccc(CO)cc1)Cc1cnc(Cl)s1. The van der Waals surface area contributed by atoms with Crippen molar-refractivity contribution in [3.63, 3.8) is 0 Å². The van der Waals surface area contributed by atoms with E-state index < -0.39 is 9.84 Å². The molecule has 1 aromatic heterocycles. The van der Waals surface area contributed by atoms with Gasteiger partial charge in [-0.25, -0.2) is 13.4 Å². The van der Waals surface area contributed by atoms with Gasteiger partial charge in [-0.15, -0.1) is 11.3 Å². The van der Waals surface area contributed by atoms with Crippen LogP contribution in [0.4, 0.5) is 0 Å². The Balaban J connectivity index is 2.07. The lowest BCUT2D eigenvalue weighted by Gasteiger charge is -2.04. The Labute approximate surface area is 120 Å². The number of aliphatic hydroxyl groups is 1. The van der Waals surface area contributed by atoms with Gasteiger partial charge in [-0.3, -0.25) is 0 Å². The van der Waals surface area contributed by atoms with Crippen LogP contribution in [-0.2, 0) is 27.9 Å². The van der Waals surface area contributed by atoms with Crippen LogP contribution in [0, 0.1) is 0 Å². The van der Waals surface area contributed by atoms with Crippen LogP contribution in [0.5, 0.6) is 0 Å². The van der Waals surface area contributed by atoms with E-state index in [2.05, 4.69) is 4.98 Å². The molecule has 1 N–H and O–H groups in total. The molecule has 0 aliphatic heterocycles. The molecule has 0 fully saturated rings. The minimum absolute atomic E-state index is 0.0335. The molecule has 1 heterocycles. The monoisotopic (exact) mass is 317 g/mol. The summed E-state index contributed by atoms with van der Waals surface area (Å²) >= 11 is 6.85. The standard InChI is InChI=1S/C12H12ClNO3S2/c13-12-14-5-11(18-12)8-19(16,17)7-10-3-1-9(6-15)2-4-10/h1-5,15H,6-8H2. The number of rotatable bonds is 5. The van der Waals surface area contributed by atoms with Crippen molar-refractivity contribution in [2.24, 2.45) is 0 Å². The van der Waals surface area contributed by atoms with E-state index in [0.717, 1.165) is 5.56 Å². The fourth-order valence-corrected chi connectivity index (χ4v) is 4.47. The molecule has 0 unspecified atom stereocenters. The molecule has 0 aliphatic carbocycles. The number of hydrogen-bond donors (Lipinski definition) is 1. The van der Waals surface area contributed by atoms with Crippen molar-refractivity contribution in [1.82, 2.24) is 4.98 Å². The first-order chi connectivity index (χ1) is 8.98. The third-order valence-corrected chi connectivity index (χ3v) is 5.30. The molecule has 102 valence electrons. The van der Waals surface area contributed by atoms with Crippen molar-refractivity contribution < 1.29 is 13.5 Å². The van der Waals surface area contributed by atoms with Crippen LogP contribution >= 0.6 is 22.9 Å². The molecule has 0 saturated carbocycles. The number of sulfone groups is 1. The lowest BCUT2D eigenvalue weighted by Crippen LogP contribution is -2.06. The van der Waals surface area contributed by atoms with E-state index in [4.69, 9.17) is 16.7 Å². The number of hydrogen-bond acceptors (Lipinski definition) is 5. The Hall–Kier alpha value is -0.950. The van der Waals surface area contributed by atoms with Crippen LogP contribution in [0.3, 0.4) is 0 Å². The van der Waals surface area contributed by atoms with E-state index in [1.807, 2.05) is 0 Å².